The summed E-state index contributed by atoms with van der Waals surface area (Å²) in [4.78, 5) is 6.44. The summed E-state index contributed by atoms with van der Waals surface area (Å²) in [5, 5.41) is 9.79. The molecule has 3 rings (SSSR count). The van der Waals surface area contributed by atoms with Crippen molar-refractivity contribution in [2.45, 2.75) is 51.3 Å². The van der Waals surface area contributed by atoms with Crippen LogP contribution in [0.15, 0.2) is 47.6 Å². The topological polar surface area (TPSA) is 83.0 Å². The molecular formula is C26H35N3O4S. The second-order valence-corrected chi connectivity index (χ2v) is 11.2. The maximum Gasteiger partial charge on any atom is 0.247 e. The van der Waals surface area contributed by atoms with E-state index in [-0.39, 0.29) is 36.0 Å². The Morgan fingerprint density at radius 2 is 2.06 bits per heavy atom. The molecule has 34 heavy (non-hydrogen) atoms. The number of ether oxygens (including phenoxy) is 1. The van der Waals surface area contributed by atoms with Crippen LogP contribution >= 0.6 is 0 Å². The molecule has 0 fully saturated rings. The first-order valence-corrected chi connectivity index (χ1v) is 13.1. The van der Waals surface area contributed by atoms with Gasteiger partial charge in [-0.1, -0.05) is 38.7 Å². The van der Waals surface area contributed by atoms with Crippen molar-refractivity contribution in [1.82, 2.24) is 14.2 Å². The van der Waals surface area contributed by atoms with Crippen molar-refractivity contribution in [3.05, 3.63) is 53.9 Å². The number of hydrogen-bond acceptors (Lipinski definition) is 6. The molecule has 1 aromatic heterocycles. The fraction of sp³-hybridized carbons (Fsp3) is 0.500. The molecule has 0 bridgehead atoms. The van der Waals surface area contributed by atoms with Crippen LogP contribution in [0.4, 0.5) is 0 Å². The molecule has 1 aliphatic heterocycles. The summed E-state index contributed by atoms with van der Waals surface area (Å²) >= 11 is 0. The summed E-state index contributed by atoms with van der Waals surface area (Å²) in [5.74, 6) is 6.61. The van der Waals surface area contributed by atoms with Gasteiger partial charge in [-0.2, -0.15) is 4.31 Å². The zero-order chi connectivity index (χ0) is 24.9. The van der Waals surface area contributed by atoms with Crippen molar-refractivity contribution in [2.24, 2.45) is 11.8 Å². The van der Waals surface area contributed by atoms with Crippen LogP contribution in [-0.4, -0.2) is 66.6 Å². The summed E-state index contributed by atoms with van der Waals surface area (Å²) in [6.45, 7) is 9.01. The molecule has 1 N–H and O–H groups in total. The second-order valence-electron chi connectivity index (χ2n) is 9.38. The van der Waals surface area contributed by atoms with Gasteiger partial charge in [0.15, 0.2) is 0 Å². The minimum absolute atomic E-state index is 0.106. The summed E-state index contributed by atoms with van der Waals surface area (Å²) in [6, 6.07) is 8.39. The van der Waals surface area contributed by atoms with E-state index in [9.17, 15) is 13.5 Å². The lowest BCUT2D eigenvalue weighted by Gasteiger charge is -2.37. The van der Waals surface area contributed by atoms with E-state index in [2.05, 4.69) is 21.7 Å². The number of benzene rings is 1. The van der Waals surface area contributed by atoms with Gasteiger partial charge in [0.1, 0.15) is 16.7 Å². The van der Waals surface area contributed by atoms with Gasteiger partial charge >= 0.3 is 0 Å². The first-order valence-electron chi connectivity index (χ1n) is 11.6. The third kappa shape index (κ3) is 6.36. The number of pyridine rings is 1. The Labute approximate surface area is 203 Å². The van der Waals surface area contributed by atoms with Gasteiger partial charge in [-0.3, -0.25) is 9.88 Å². The maximum absolute atomic E-state index is 13.6. The SMILES string of the molecule is CC(C)C#Cc1ccc2c(c1)O[C@@H](CN(C)Cc1cccnc1)[C@@H](C)CN([C@@H](C)CO)S2(=O)=O. The fourth-order valence-electron chi connectivity index (χ4n) is 3.92. The molecule has 1 aliphatic rings. The monoisotopic (exact) mass is 485 g/mol. The molecule has 0 saturated heterocycles. The van der Waals surface area contributed by atoms with Gasteiger partial charge in [-0.05, 0) is 43.8 Å². The van der Waals surface area contributed by atoms with Crippen LogP contribution in [0.2, 0.25) is 0 Å². The Balaban J connectivity index is 1.99. The molecule has 1 aromatic carbocycles. The van der Waals surface area contributed by atoms with Crippen molar-refractivity contribution in [1.29, 1.82) is 0 Å². The molecule has 3 atom stereocenters. The van der Waals surface area contributed by atoms with Gasteiger partial charge in [-0.15, -0.1) is 0 Å². The number of aromatic nitrogens is 1. The number of rotatable bonds is 6. The molecule has 0 amide bonds. The van der Waals surface area contributed by atoms with Crippen molar-refractivity contribution >= 4 is 10.0 Å². The van der Waals surface area contributed by atoms with Gasteiger partial charge in [0.2, 0.25) is 10.0 Å². The largest absolute Gasteiger partial charge is 0.487 e. The predicted octanol–water partition coefficient (Wildman–Crippen LogP) is 2.99. The number of likely N-dealkylation sites (N-methyl/N-ethyl adjacent to an activating group) is 1. The summed E-state index contributed by atoms with van der Waals surface area (Å²) < 4.78 is 34.9. The first kappa shape index (κ1) is 26.2. The summed E-state index contributed by atoms with van der Waals surface area (Å²) in [5.41, 5.74) is 1.80. The molecule has 8 heteroatoms. The molecule has 0 unspecified atom stereocenters. The van der Waals surface area contributed by atoms with Gasteiger partial charge in [0.25, 0.3) is 0 Å². The molecule has 0 aliphatic carbocycles. The Kier molecular flexibility index (Phi) is 8.72. The Bertz CT molecular complexity index is 1130. The number of sulfonamides is 1. The molecule has 0 radical (unpaired) electrons. The summed E-state index contributed by atoms with van der Waals surface area (Å²) in [7, 11) is -1.85. The predicted molar refractivity (Wildman–Crippen MR) is 133 cm³/mol. The first-order chi connectivity index (χ1) is 16.1. The third-order valence-electron chi connectivity index (χ3n) is 5.84. The van der Waals surface area contributed by atoms with Gasteiger partial charge in [-0.25, -0.2) is 8.42 Å². The number of fused-ring (bicyclic) bond motifs is 1. The normalized spacial score (nSPS) is 21.1. The Morgan fingerprint density at radius 1 is 1.29 bits per heavy atom. The number of hydrogen-bond donors (Lipinski definition) is 1. The van der Waals surface area contributed by atoms with Gasteiger partial charge in [0, 0.05) is 55.5 Å². The van der Waals surface area contributed by atoms with Crippen LogP contribution in [0.25, 0.3) is 0 Å². The minimum Gasteiger partial charge on any atom is -0.487 e. The lowest BCUT2D eigenvalue weighted by molar-refractivity contribution is 0.0733. The molecule has 184 valence electrons. The quantitative estimate of drug-likeness (QED) is 0.634. The third-order valence-corrected chi connectivity index (χ3v) is 7.86. The molecule has 2 aromatic rings. The standard InChI is InChI=1S/C26H35N3O4S/c1-19(2)8-9-22-10-11-26-24(13-22)33-25(17-28(5)16-23-7-6-12-27-14-23)20(3)15-29(21(4)18-30)34(26,31)32/h6-7,10-14,19-21,25,30H,15-18H2,1-5H3/t20-,21-,25-/m0/s1. The molecule has 0 saturated carbocycles. The van der Waals surface area contributed by atoms with Crippen LogP contribution in [-0.2, 0) is 16.6 Å². The van der Waals surface area contributed by atoms with Gasteiger partial charge < -0.3 is 9.84 Å². The highest BCUT2D eigenvalue weighted by molar-refractivity contribution is 7.89. The highest BCUT2D eigenvalue weighted by Gasteiger charge is 2.38. The lowest BCUT2D eigenvalue weighted by atomic mass is 10.0. The van der Waals surface area contributed by atoms with Crippen molar-refractivity contribution in [3.8, 4) is 17.6 Å². The molecule has 2 heterocycles. The highest BCUT2D eigenvalue weighted by atomic mass is 32.2. The zero-order valence-corrected chi connectivity index (χ0v) is 21.4. The number of aliphatic hydroxyl groups is 1. The van der Waals surface area contributed by atoms with E-state index in [1.54, 1.807) is 31.3 Å². The number of aliphatic hydroxyl groups excluding tert-OH is 1. The van der Waals surface area contributed by atoms with Crippen LogP contribution in [0.1, 0.15) is 38.8 Å². The van der Waals surface area contributed by atoms with E-state index in [1.165, 1.54) is 4.31 Å². The Hall–Kier alpha value is -2.44. The van der Waals surface area contributed by atoms with E-state index in [0.29, 0.717) is 24.4 Å². The van der Waals surface area contributed by atoms with Crippen LogP contribution in [0.5, 0.6) is 5.75 Å². The highest BCUT2D eigenvalue weighted by Crippen LogP contribution is 2.34. The number of nitrogens with zero attached hydrogens (tertiary/aromatic N) is 3. The minimum atomic E-state index is -3.86. The van der Waals surface area contributed by atoms with E-state index in [0.717, 1.165) is 5.56 Å². The Morgan fingerprint density at radius 3 is 2.71 bits per heavy atom. The van der Waals surface area contributed by atoms with E-state index in [1.807, 2.05) is 46.1 Å². The molecule has 7 nitrogen and oxygen atoms in total. The maximum atomic E-state index is 13.6. The average Bonchev–Trinajstić information content (AvgIpc) is 2.80. The smallest absolute Gasteiger partial charge is 0.247 e. The molecular weight excluding hydrogens is 450 g/mol. The average molecular weight is 486 g/mol. The van der Waals surface area contributed by atoms with E-state index >= 15 is 0 Å². The van der Waals surface area contributed by atoms with E-state index < -0.39 is 16.1 Å². The second kappa shape index (κ2) is 11.3. The summed E-state index contributed by atoms with van der Waals surface area (Å²) in [6.07, 6.45) is 3.32. The zero-order valence-electron chi connectivity index (χ0n) is 20.6. The lowest BCUT2D eigenvalue weighted by Crippen LogP contribution is -2.49. The van der Waals surface area contributed by atoms with Crippen molar-refractivity contribution in [3.63, 3.8) is 0 Å². The van der Waals surface area contributed by atoms with Gasteiger partial charge in [0.05, 0.1) is 6.61 Å². The van der Waals surface area contributed by atoms with E-state index in [4.69, 9.17) is 4.74 Å². The van der Waals surface area contributed by atoms with Crippen molar-refractivity contribution in [2.75, 3.05) is 26.7 Å². The van der Waals surface area contributed by atoms with Crippen LogP contribution < -0.4 is 4.74 Å². The molecule has 0 spiro atoms. The van der Waals surface area contributed by atoms with Crippen LogP contribution in [0.3, 0.4) is 0 Å². The van der Waals surface area contributed by atoms with Crippen LogP contribution in [0, 0.1) is 23.7 Å². The van der Waals surface area contributed by atoms with Crippen molar-refractivity contribution < 1.29 is 18.3 Å². The fourth-order valence-corrected chi connectivity index (χ4v) is 5.75.